The zero-order valence-corrected chi connectivity index (χ0v) is 10.4. The molecule has 0 aromatic carbocycles. The topological polar surface area (TPSA) is 37.8 Å². The van der Waals surface area contributed by atoms with Gasteiger partial charge in [0.1, 0.15) is 16.7 Å². The van der Waals surface area contributed by atoms with Crippen molar-refractivity contribution in [2.75, 3.05) is 5.32 Å². The Morgan fingerprint density at radius 3 is 2.50 bits per heavy atom. The highest BCUT2D eigenvalue weighted by atomic mass is 79.9. The highest BCUT2D eigenvalue weighted by Gasteiger charge is 2.19. The minimum Gasteiger partial charge on any atom is -0.365 e. The Balaban J connectivity index is 2.77. The van der Waals surface area contributed by atoms with Gasteiger partial charge in [0.25, 0.3) is 0 Å². The molecule has 0 radical (unpaired) electrons. The number of nitrogens with one attached hydrogen (secondary N) is 1. The second kappa shape index (κ2) is 4.73. The summed E-state index contributed by atoms with van der Waals surface area (Å²) < 4.78 is 0.810. The lowest BCUT2D eigenvalue weighted by Gasteiger charge is -2.28. The first-order valence-electron chi connectivity index (χ1n) is 4.85. The molecule has 0 bridgehead atoms. The summed E-state index contributed by atoms with van der Waals surface area (Å²) in [5.74, 6) is 0.873. The van der Waals surface area contributed by atoms with Crippen molar-refractivity contribution in [1.29, 1.82) is 0 Å². The maximum absolute atomic E-state index is 4.17. The van der Waals surface area contributed by atoms with Crippen LogP contribution in [0.1, 0.15) is 33.6 Å². The molecule has 0 amide bonds. The Kier molecular flexibility index (Phi) is 3.86. The molecule has 1 rings (SSSR count). The zero-order chi connectivity index (χ0) is 10.6. The number of rotatable bonds is 4. The van der Waals surface area contributed by atoms with Crippen LogP contribution in [-0.4, -0.2) is 15.5 Å². The molecule has 0 aliphatic heterocycles. The van der Waals surface area contributed by atoms with Gasteiger partial charge in [-0.25, -0.2) is 9.97 Å². The minimum atomic E-state index is 0.119. The van der Waals surface area contributed by atoms with Gasteiger partial charge in [0, 0.05) is 11.6 Å². The maximum Gasteiger partial charge on any atom is 0.130 e. The SMILES string of the molecule is CCC(C)(CC)Nc1cc(Br)ncn1. The van der Waals surface area contributed by atoms with Crippen LogP contribution in [-0.2, 0) is 0 Å². The summed E-state index contributed by atoms with van der Waals surface area (Å²) in [5, 5.41) is 3.41. The van der Waals surface area contributed by atoms with Crippen LogP contribution in [0.5, 0.6) is 0 Å². The predicted molar refractivity (Wildman–Crippen MR) is 62.3 cm³/mol. The molecule has 0 aliphatic carbocycles. The monoisotopic (exact) mass is 257 g/mol. The van der Waals surface area contributed by atoms with Crippen molar-refractivity contribution in [2.45, 2.75) is 39.2 Å². The van der Waals surface area contributed by atoms with Gasteiger partial charge < -0.3 is 5.32 Å². The van der Waals surface area contributed by atoms with E-state index in [0.717, 1.165) is 23.3 Å². The first-order valence-corrected chi connectivity index (χ1v) is 5.64. The largest absolute Gasteiger partial charge is 0.365 e. The van der Waals surface area contributed by atoms with E-state index < -0.39 is 0 Å². The first-order chi connectivity index (χ1) is 6.59. The summed E-state index contributed by atoms with van der Waals surface area (Å²) in [6, 6.07) is 1.89. The fourth-order valence-electron chi connectivity index (χ4n) is 1.14. The highest BCUT2D eigenvalue weighted by molar-refractivity contribution is 9.10. The third-order valence-electron chi connectivity index (χ3n) is 2.62. The smallest absolute Gasteiger partial charge is 0.130 e. The van der Waals surface area contributed by atoms with E-state index in [4.69, 9.17) is 0 Å². The number of aromatic nitrogens is 2. The average molecular weight is 258 g/mol. The molecule has 78 valence electrons. The molecule has 1 aromatic rings. The van der Waals surface area contributed by atoms with Crippen LogP contribution in [0.3, 0.4) is 0 Å². The average Bonchev–Trinajstić information content (AvgIpc) is 2.18. The van der Waals surface area contributed by atoms with Gasteiger partial charge in [0.05, 0.1) is 0 Å². The van der Waals surface area contributed by atoms with Crippen molar-refractivity contribution in [3.8, 4) is 0 Å². The van der Waals surface area contributed by atoms with Crippen molar-refractivity contribution >= 4 is 21.7 Å². The number of nitrogens with zero attached hydrogens (tertiary/aromatic N) is 2. The first kappa shape index (κ1) is 11.4. The van der Waals surface area contributed by atoms with E-state index in [1.807, 2.05) is 6.07 Å². The number of halogens is 1. The molecule has 0 atom stereocenters. The summed E-state index contributed by atoms with van der Waals surface area (Å²) in [6.45, 7) is 6.54. The summed E-state index contributed by atoms with van der Waals surface area (Å²) in [6.07, 6.45) is 3.70. The van der Waals surface area contributed by atoms with Crippen molar-refractivity contribution in [1.82, 2.24) is 9.97 Å². The van der Waals surface area contributed by atoms with Crippen LogP contribution in [0.15, 0.2) is 17.0 Å². The Bertz CT molecular complexity index is 297. The van der Waals surface area contributed by atoms with Crippen molar-refractivity contribution < 1.29 is 0 Å². The van der Waals surface area contributed by atoms with E-state index in [9.17, 15) is 0 Å². The zero-order valence-electron chi connectivity index (χ0n) is 8.84. The summed E-state index contributed by atoms with van der Waals surface area (Å²) >= 11 is 3.32. The van der Waals surface area contributed by atoms with E-state index in [2.05, 4.69) is 52.0 Å². The van der Waals surface area contributed by atoms with Gasteiger partial charge >= 0.3 is 0 Å². The molecule has 3 nitrogen and oxygen atoms in total. The summed E-state index contributed by atoms with van der Waals surface area (Å²) in [5.41, 5.74) is 0.119. The van der Waals surface area contributed by atoms with Crippen molar-refractivity contribution in [3.63, 3.8) is 0 Å². The second-order valence-corrected chi connectivity index (χ2v) is 4.43. The van der Waals surface area contributed by atoms with Gasteiger partial charge in [-0.2, -0.15) is 0 Å². The molecule has 0 unspecified atom stereocenters. The summed E-state index contributed by atoms with van der Waals surface area (Å²) in [4.78, 5) is 8.16. The molecule has 0 spiro atoms. The summed E-state index contributed by atoms with van der Waals surface area (Å²) in [7, 11) is 0. The highest BCUT2D eigenvalue weighted by Crippen LogP contribution is 2.21. The van der Waals surface area contributed by atoms with E-state index in [1.54, 1.807) is 6.33 Å². The van der Waals surface area contributed by atoms with Gasteiger partial charge in [0.2, 0.25) is 0 Å². The standard InChI is InChI=1S/C10H16BrN3/c1-4-10(3,5-2)14-9-6-8(11)12-7-13-9/h6-7H,4-5H2,1-3H3,(H,12,13,14). The Morgan fingerprint density at radius 2 is 2.00 bits per heavy atom. The fraction of sp³-hybridized carbons (Fsp3) is 0.600. The molecule has 4 heteroatoms. The van der Waals surface area contributed by atoms with Crippen molar-refractivity contribution in [2.24, 2.45) is 0 Å². The molecule has 0 aliphatic rings. The lowest BCUT2D eigenvalue weighted by Crippen LogP contribution is -2.33. The lowest BCUT2D eigenvalue weighted by molar-refractivity contribution is 0.476. The van der Waals surface area contributed by atoms with Gasteiger partial charge in [0.15, 0.2) is 0 Å². The third-order valence-corrected chi connectivity index (χ3v) is 3.06. The Morgan fingerprint density at radius 1 is 1.36 bits per heavy atom. The van der Waals surface area contributed by atoms with Crippen LogP contribution in [0.2, 0.25) is 0 Å². The molecule has 1 heterocycles. The van der Waals surface area contributed by atoms with E-state index >= 15 is 0 Å². The fourth-order valence-corrected chi connectivity index (χ4v) is 1.45. The second-order valence-electron chi connectivity index (χ2n) is 3.62. The molecule has 14 heavy (non-hydrogen) atoms. The van der Waals surface area contributed by atoms with Crippen LogP contribution in [0, 0.1) is 0 Å². The quantitative estimate of drug-likeness (QED) is 0.842. The van der Waals surface area contributed by atoms with Crippen molar-refractivity contribution in [3.05, 3.63) is 17.0 Å². The normalized spacial score (nSPS) is 11.4. The molecular weight excluding hydrogens is 242 g/mol. The third kappa shape index (κ3) is 2.94. The molecule has 0 saturated heterocycles. The molecule has 1 N–H and O–H groups in total. The van der Waals surface area contributed by atoms with Crippen LogP contribution < -0.4 is 5.32 Å². The number of hydrogen-bond acceptors (Lipinski definition) is 3. The molecule has 0 fully saturated rings. The van der Waals surface area contributed by atoms with E-state index in [0.29, 0.717) is 0 Å². The predicted octanol–water partition coefficient (Wildman–Crippen LogP) is 3.23. The van der Waals surface area contributed by atoms with Gasteiger partial charge in [-0.1, -0.05) is 13.8 Å². The van der Waals surface area contributed by atoms with E-state index in [-0.39, 0.29) is 5.54 Å². The van der Waals surface area contributed by atoms with Gasteiger partial charge in [-0.3, -0.25) is 0 Å². The Labute approximate surface area is 93.5 Å². The van der Waals surface area contributed by atoms with Crippen LogP contribution >= 0.6 is 15.9 Å². The van der Waals surface area contributed by atoms with Crippen LogP contribution in [0.25, 0.3) is 0 Å². The molecule has 0 saturated carbocycles. The van der Waals surface area contributed by atoms with Gasteiger partial charge in [-0.05, 0) is 35.7 Å². The van der Waals surface area contributed by atoms with E-state index in [1.165, 1.54) is 0 Å². The maximum atomic E-state index is 4.17. The minimum absolute atomic E-state index is 0.119. The van der Waals surface area contributed by atoms with Gasteiger partial charge in [-0.15, -0.1) is 0 Å². The number of anilines is 1. The lowest BCUT2D eigenvalue weighted by atomic mass is 9.96. The molecule has 1 aromatic heterocycles. The van der Waals surface area contributed by atoms with Crippen LogP contribution in [0.4, 0.5) is 5.82 Å². The molecular formula is C10H16BrN3. The Hall–Kier alpha value is -0.640. The number of hydrogen-bond donors (Lipinski definition) is 1.